The minimum absolute atomic E-state index is 0.477. The molecule has 3 heteroatoms. The summed E-state index contributed by atoms with van der Waals surface area (Å²) in [6.07, 6.45) is 5.29. The fourth-order valence-corrected chi connectivity index (χ4v) is 3.15. The molecule has 0 radical (unpaired) electrons. The van der Waals surface area contributed by atoms with E-state index in [1.807, 2.05) is 12.1 Å². The summed E-state index contributed by atoms with van der Waals surface area (Å²) in [5, 5.41) is 12.3. The first-order chi connectivity index (χ1) is 8.09. The summed E-state index contributed by atoms with van der Waals surface area (Å²) >= 11 is 12.2. The van der Waals surface area contributed by atoms with Gasteiger partial charge in [0.25, 0.3) is 0 Å². The molecule has 0 bridgehead atoms. The zero-order valence-electron chi connectivity index (χ0n) is 9.63. The van der Waals surface area contributed by atoms with Gasteiger partial charge in [-0.1, -0.05) is 23.2 Å². The Hall–Kier alpha value is -0.240. The van der Waals surface area contributed by atoms with Crippen LogP contribution in [-0.4, -0.2) is 10.7 Å². The third kappa shape index (κ3) is 2.33. The summed E-state index contributed by atoms with van der Waals surface area (Å²) in [4.78, 5) is 0. The predicted octanol–water partition coefficient (Wildman–Crippen LogP) is 4.09. The topological polar surface area (TPSA) is 20.2 Å². The van der Waals surface area contributed by atoms with Gasteiger partial charge in [0.15, 0.2) is 0 Å². The molecule has 2 fully saturated rings. The molecule has 3 rings (SSSR count). The zero-order valence-corrected chi connectivity index (χ0v) is 11.1. The summed E-state index contributed by atoms with van der Waals surface area (Å²) in [5.41, 5.74) is 0.453. The number of hydrogen-bond acceptors (Lipinski definition) is 1. The number of halogens is 2. The molecule has 1 aromatic rings. The number of rotatable bonds is 4. The Labute approximate surface area is 112 Å². The molecule has 1 aromatic carbocycles. The van der Waals surface area contributed by atoms with Crippen molar-refractivity contribution in [1.82, 2.24) is 0 Å². The third-order valence-electron chi connectivity index (χ3n) is 4.05. The fraction of sp³-hybridized carbons (Fsp3) is 0.571. The van der Waals surface area contributed by atoms with Crippen molar-refractivity contribution in [2.24, 2.45) is 11.8 Å². The zero-order chi connectivity index (χ0) is 12.0. The summed E-state index contributed by atoms with van der Waals surface area (Å²) in [6, 6.07) is 5.50. The minimum atomic E-state index is -0.533. The molecule has 2 aliphatic rings. The second kappa shape index (κ2) is 4.15. The van der Waals surface area contributed by atoms with E-state index in [4.69, 9.17) is 23.2 Å². The Bertz CT molecular complexity index is 424. The first-order valence-corrected chi connectivity index (χ1v) is 7.01. The van der Waals surface area contributed by atoms with Gasteiger partial charge in [-0.25, -0.2) is 0 Å². The van der Waals surface area contributed by atoms with Gasteiger partial charge in [-0.05, 0) is 61.3 Å². The molecular weight excluding hydrogens is 255 g/mol. The molecule has 0 aliphatic heterocycles. The molecule has 0 amide bonds. The van der Waals surface area contributed by atoms with E-state index in [0.717, 1.165) is 31.2 Å². The first-order valence-electron chi connectivity index (χ1n) is 6.26. The molecule has 2 saturated carbocycles. The van der Waals surface area contributed by atoms with Crippen LogP contribution in [0.25, 0.3) is 0 Å². The molecule has 0 spiro atoms. The highest BCUT2D eigenvalue weighted by Gasteiger charge is 2.53. The van der Waals surface area contributed by atoms with E-state index < -0.39 is 5.60 Å². The van der Waals surface area contributed by atoms with Crippen LogP contribution in [0.2, 0.25) is 10.0 Å². The molecule has 92 valence electrons. The smallest absolute Gasteiger partial charge is 0.0744 e. The van der Waals surface area contributed by atoms with Crippen LogP contribution in [0.15, 0.2) is 18.2 Å². The molecular formula is C14H16Cl2O. The Morgan fingerprint density at radius 1 is 1.12 bits per heavy atom. The molecule has 0 saturated heterocycles. The van der Waals surface area contributed by atoms with E-state index in [0.29, 0.717) is 28.3 Å². The second-order valence-corrected chi connectivity index (χ2v) is 6.30. The van der Waals surface area contributed by atoms with Gasteiger partial charge in [0, 0.05) is 16.5 Å². The lowest BCUT2D eigenvalue weighted by molar-refractivity contribution is -0.00450. The van der Waals surface area contributed by atoms with Gasteiger partial charge in [0.05, 0.1) is 5.60 Å². The molecule has 2 aliphatic carbocycles. The van der Waals surface area contributed by atoms with Crippen LogP contribution in [-0.2, 0) is 6.42 Å². The maximum atomic E-state index is 10.9. The molecule has 0 atom stereocenters. The molecule has 1 N–H and O–H groups in total. The van der Waals surface area contributed by atoms with Crippen LogP contribution in [0.3, 0.4) is 0 Å². The van der Waals surface area contributed by atoms with Gasteiger partial charge in [-0.15, -0.1) is 0 Å². The monoisotopic (exact) mass is 270 g/mol. The van der Waals surface area contributed by atoms with Crippen molar-refractivity contribution in [1.29, 1.82) is 0 Å². The first kappa shape index (κ1) is 11.8. The second-order valence-electron chi connectivity index (χ2n) is 5.45. The summed E-state index contributed by atoms with van der Waals surface area (Å²) in [6.45, 7) is 0. The van der Waals surface area contributed by atoms with Crippen LogP contribution in [0.1, 0.15) is 31.2 Å². The van der Waals surface area contributed by atoms with Crippen LogP contribution in [0.4, 0.5) is 0 Å². The van der Waals surface area contributed by atoms with E-state index in [9.17, 15) is 5.11 Å². The van der Waals surface area contributed by atoms with E-state index in [2.05, 4.69) is 0 Å². The standard InChI is InChI=1S/C14H16Cl2O/c15-12-5-6-13(16)9(7-12)8-14(17,10-1-2-10)11-3-4-11/h5-7,10-11,17H,1-4,8H2. The fourth-order valence-electron chi connectivity index (χ4n) is 2.77. The Morgan fingerprint density at radius 3 is 2.24 bits per heavy atom. The number of aliphatic hydroxyl groups is 1. The van der Waals surface area contributed by atoms with Crippen molar-refractivity contribution in [3.8, 4) is 0 Å². The van der Waals surface area contributed by atoms with Crippen LogP contribution in [0, 0.1) is 11.8 Å². The van der Waals surface area contributed by atoms with Gasteiger partial charge < -0.3 is 5.11 Å². The lowest BCUT2D eigenvalue weighted by atomic mass is 9.85. The van der Waals surface area contributed by atoms with Gasteiger partial charge in [-0.3, -0.25) is 0 Å². The van der Waals surface area contributed by atoms with Crippen molar-refractivity contribution in [2.45, 2.75) is 37.7 Å². The lowest BCUT2D eigenvalue weighted by Gasteiger charge is -2.29. The maximum absolute atomic E-state index is 10.9. The number of benzene rings is 1. The van der Waals surface area contributed by atoms with Crippen molar-refractivity contribution in [3.63, 3.8) is 0 Å². The average Bonchev–Trinajstić information content (AvgIpc) is 3.17. The summed E-state index contributed by atoms with van der Waals surface area (Å²) in [5.74, 6) is 0.954. The van der Waals surface area contributed by atoms with Crippen molar-refractivity contribution >= 4 is 23.2 Å². The lowest BCUT2D eigenvalue weighted by Crippen LogP contribution is -2.36. The maximum Gasteiger partial charge on any atom is 0.0744 e. The quantitative estimate of drug-likeness (QED) is 0.874. The molecule has 0 heterocycles. The van der Waals surface area contributed by atoms with Gasteiger partial charge >= 0.3 is 0 Å². The molecule has 0 aromatic heterocycles. The molecule has 17 heavy (non-hydrogen) atoms. The normalized spacial score (nSPS) is 20.6. The predicted molar refractivity (Wildman–Crippen MR) is 70.6 cm³/mol. The highest BCUT2D eigenvalue weighted by molar-refractivity contribution is 6.33. The Morgan fingerprint density at radius 2 is 1.71 bits per heavy atom. The summed E-state index contributed by atoms with van der Waals surface area (Å²) < 4.78 is 0. The minimum Gasteiger partial charge on any atom is -0.389 e. The SMILES string of the molecule is OC(Cc1cc(Cl)ccc1Cl)(C1CC1)C1CC1. The van der Waals surface area contributed by atoms with E-state index in [1.165, 1.54) is 0 Å². The largest absolute Gasteiger partial charge is 0.389 e. The van der Waals surface area contributed by atoms with Crippen LogP contribution < -0.4 is 0 Å². The van der Waals surface area contributed by atoms with E-state index in [-0.39, 0.29) is 0 Å². The highest BCUT2D eigenvalue weighted by atomic mass is 35.5. The highest BCUT2D eigenvalue weighted by Crippen LogP contribution is 2.53. The van der Waals surface area contributed by atoms with Crippen molar-refractivity contribution in [3.05, 3.63) is 33.8 Å². The molecule has 0 unspecified atom stereocenters. The summed E-state index contributed by atoms with van der Waals surface area (Å²) in [7, 11) is 0. The van der Waals surface area contributed by atoms with Gasteiger partial charge in [0.1, 0.15) is 0 Å². The average molecular weight is 271 g/mol. The van der Waals surface area contributed by atoms with Gasteiger partial charge in [-0.2, -0.15) is 0 Å². The van der Waals surface area contributed by atoms with Crippen molar-refractivity contribution in [2.75, 3.05) is 0 Å². The van der Waals surface area contributed by atoms with E-state index in [1.54, 1.807) is 6.07 Å². The third-order valence-corrected chi connectivity index (χ3v) is 4.65. The van der Waals surface area contributed by atoms with E-state index >= 15 is 0 Å². The Kier molecular flexibility index (Phi) is 2.89. The van der Waals surface area contributed by atoms with Gasteiger partial charge in [0.2, 0.25) is 0 Å². The Balaban J connectivity index is 1.86. The molecule has 1 nitrogen and oxygen atoms in total. The van der Waals surface area contributed by atoms with Crippen molar-refractivity contribution < 1.29 is 5.11 Å². The number of hydrogen-bond donors (Lipinski definition) is 1. The van der Waals surface area contributed by atoms with Crippen LogP contribution >= 0.6 is 23.2 Å². The van der Waals surface area contributed by atoms with Crippen LogP contribution in [0.5, 0.6) is 0 Å².